The molecule has 0 saturated heterocycles. The molecule has 2 aromatic carbocycles. The molecule has 20 heavy (non-hydrogen) atoms. The highest BCUT2D eigenvalue weighted by Crippen LogP contribution is 2.35. The van der Waals surface area contributed by atoms with Crippen molar-refractivity contribution in [1.82, 2.24) is 0 Å². The summed E-state index contributed by atoms with van der Waals surface area (Å²) in [5.41, 5.74) is 3.05. The third kappa shape index (κ3) is 2.20. The van der Waals surface area contributed by atoms with Gasteiger partial charge in [-0.05, 0) is 30.5 Å². The van der Waals surface area contributed by atoms with Gasteiger partial charge in [0.15, 0.2) is 0 Å². The molecule has 2 nitrogen and oxygen atoms in total. The highest BCUT2D eigenvalue weighted by Gasteiger charge is 2.34. The molecule has 0 radical (unpaired) electrons. The first-order valence-corrected chi connectivity index (χ1v) is 7.22. The van der Waals surface area contributed by atoms with Crippen molar-refractivity contribution in [3.63, 3.8) is 0 Å². The standard InChI is InChI=1S/C17H16ClNO/c1-12-11-14-9-5-6-10-15(14)19(12)17(20)16(18)13-7-3-2-4-8-13/h2-10,12,16H,11H2,1H3/t12-,16+/m0/s1. The van der Waals surface area contributed by atoms with Crippen LogP contribution >= 0.6 is 11.6 Å². The van der Waals surface area contributed by atoms with E-state index in [1.54, 1.807) is 0 Å². The van der Waals surface area contributed by atoms with E-state index < -0.39 is 5.38 Å². The lowest BCUT2D eigenvalue weighted by Crippen LogP contribution is -2.37. The first kappa shape index (κ1) is 13.2. The average Bonchev–Trinajstić information content (AvgIpc) is 2.82. The smallest absolute Gasteiger partial charge is 0.249 e. The van der Waals surface area contributed by atoms with Crippen LogP contribution in [0, 0.1) is 0 Å². The van der Waals surface area contributed by atoms with Gasteiger partial charge in [-0.25, -0.2) is 0 Å². The number of nitrogens with zero attached hydrogens (tertiary/aromatic N) is 1. The molecule has 1 aliphatic heterocycles. The number of hydrogen-bond acceptors (Lipinski definition) is 1. The highest BCUT2D eigenvalue weighted by molar-refractivity contribution is 6.33. The van der Waals surface area contributed by atoms with E-state index in [2.05, 4.69) is 13.0 Å². The topological polar surface area (TPSA) is 20.3 Å². The summed E-state index contributed by atoms with van der Waals surface area (Å²) in [5, 5.41) is -0.634. The number of rotatable bonds is 2. The van der Waals surface area contributed by atoms with Gasteiger partial charge in [0.2, 0.25) is 5.91 Å². The van der Waals surface area contributed by atoms with Crippen molar-refractivity contribution in [3.8, 4) is 0 Å². The Morgan fingerprint density at radius 1 is 1.15 bits per heavy atom. The molecular weight excluding hydrogens is 270 g/mol. The Hall–Kier alpha value is -1.80. The van der Waals surface area contributed by atoms with Gasteiger partial charge in [0.1, 0.15) is 5.38 Å². The average molecular weight is 286 g/mol. The Morgan fingerprint density at radius 3 is 2.55 bits per heavy atom. The number of carbonyl (C=O) groups excluding carboxylic acids is 1. The predicted molar refractivity (Wildman–Crippen MR) is 82.1 cm³/mol. The zero-order valence-electron chi connectivity index (χ0n) is 11.3. The molecule has 0 aliphatic carbocycles. The summed E-state index contributed by atoms with van der Waals surface area (Å²) in [6.45, 7) is 2.06. The van der Waals surface area contributed by atoms with Crippen LogP contribution in [-0.2, 0) is 11.2 Å². The van der Waals surface area contributed by atoms with Crippen LogP contribution in [0.4, 0.5) is 5.69 Å². The maximum atomic E-state index is 12.7. The van der Waals surface area contributed by atoms with Gasteiger partial charge in [-0.15, -0.1) is 11.6 Å². The summed E-state index contributed by atoms with van der Waals surface area (Å²) in [5.74, 6) is -0.0460. The monoisotopic (exact) mass is 285 g/mol. The molecule has 2 aromatic rings. The lowest BCUT2D eigenvalue weighted by molar-refractivity contribution is -0.118. The molecule has 102 valence electrons. The van der Waals surface area contributed by atoms with E-state index in [-0.39, 0.29) is 11.9 Å². The number of fused-ring (bicyclic) bond motifs is 1. The second kappa shape index (κ2) is 5.29. The molecule has 0 spiro atoms. The van der Waals surface area contributed by atoms with Crippen LogP contribution in [-0.4, -0.2) is 11.9 Å². The van der Waals surface area contributed by atoms with Crippen LogP contribution in [0.2, 0.25) is 0 Å². The van der Waals surface area contributed by atoms with Gasteiger partial charge in [0.05, 0.1) is 0 Å². The largest absolute Gasteiger partial charge is 0.307 e. The summed E-state index contributed by atoms with van der Waals surface area (Å²) >= 11 is 6.38. The van der Waals surface area contributed by atoms with Crippen LogP contribution in [0.5, 0.6) is 0 Å². The van der Waals surface area contributed by atoms with E-state index in [9.17, 15) is 4.79 Å². The maximum Gasteiger partial charge on any atom is 0.249 e. The highest BCUT2D eigenvalue weighted by atomic mass is 35.5. The Labute approximate surface area is 124 Å². The number of benzene rings is 2. The number of anilines is 1. The van der Waals surface area contributed by atoms with E-state index in [0.717, 1.165) is 17.7 Å². The van der Waals surface area contributed by atoms with E-state index >= 15 is 0 Å². The third-order valence-corrected chi connectivity index (χ3v) is 4.19. The molecule has 3 heteroatoms. The van der Waals surface area contributed by atoms with Crippen LogP contribution in [0.25, 0.3) is 0 Å². The molecule has 2 atom stereocenters. The molecule has 0 fully saturated rings. The second-order valence-electron chi connectivity index (χ2n) is 5.16. The van der Waals surface area contributed by atoms with Gasteiger partial charge in [0.25, 0.3) is 0 Å². The van der Waals surface area contributed by atoms with Crippen LogP contribution in [0.15, 0.2) is 54.6 Å². The quantitative estimate of drug-likeness (QED) is 0.765. The number of halogens is 1. The number of hydrogen-bond donors (Lipinski definition) is 0. The maximum absolute atomic E-state index is 12.7. The minimum absolute atomic E-state index is 0.0460. The fourth-order valence-corrected chi connectivity index (χ4v) is 3.04. The fourth-order valence-electron chi connectivity index (χ4n) is 2.79. The number of para-hydroxylation sites is 1. The molecule has 0 aromatic heterocycles. The van der Waals surface area contributed by atoms with Gasteiger partial charge in [-0.1, -0.05) is 48.5 Å². The van der Waals surface area contributed by atoms with Gasteiger partial charge in [-0.3, -0.25) is 4.79 Å². The molecule has 1 heterocycles. The van der Waals surface area contributed by atoms with Crippen LogP contribution in [0.1, 0.15) is 23.4 Å². The third-order valence-electron chi connectivity index (χ3n) is 3.75. The zero-order valence-corrected chi connectivity index (χ0v) is 12.0. The normalized spacial score (nSPS) is 18.7. The minimum atomic E-state index is -0.634. The summed E-state index contributed by atoms with van der Waals surface area (Å²) in [6.07, 6.45) is 0.889. The van der Waals surface area contributed by atoms with Crippen molar-refractivity contribution >= 4 is 23.2 Å². The Morgan fingerprint density at radius 2 is 1.80 bits per heavy atom. The Bertz CT molecular complexity index is 626. The predicted octanol–water partition coefficient (Wildman–Crippen LogP) is 3.94. The Balaban J connectivity index is 1.91. The van der Waals surface area contributed by atoms with Crippen molar-refractivity contribution < 1.29 is 4.79 Å². The number of amides is 1. The van der Waals surface area contributed by atoms with Crippen molar-refractivity contribution in [1.29, 1.82) is 0 Å². The van der Waals surface area contributed by atoms with Crippen molar-refractivity contribution in [3.05, 3.63) is 65.7 Å². The molecule has 1 amide bonds. The first-order valence-electron chi connectivity index (χ1n) is 6.78. The van der Waals surface area contributed by atoms with Crippen LogP contribution in [0.3, 0.4) is 0 Å². The van der Waals surface area contributed by atoms with Gasteiger partial charge >= 0.3 is 0 Å². The molecule has 0 saturated carbocycles. The van der Waals surface area contributed by atoms with Gasteiger partial charge in [0, 0.05) is 11.7 Å². The molecular formula is C17H16ClNO. The zero-order chi connectivity index (χ0) is 14.1. The van der Waals surface area contributed by atoms with E-state index in [4.69, 9.17) is 11.6 Å². The van der Waals surface area contributed by atoms with Gasteiger partial charge < -0.3 is 4.90 Å². The fraction of sp³-hybridized carbons (Fsp3) is 0.235. The minimum Gasteiger partial charge on any atom is -0.307 e. The summed E-state index contributed by atoms with van der Waals surface area (Å²) in [4.78, 5) is 14.5. The van der Waals surface area contributed by atoms with Crippen LogP contribution < -0.4 is 4.90 Å². The molecule has 0 bridgehead atoms. The molecule has 0 N–H and O–H groups in total. The molecule has 1 aliphatic rings. The van der Waals surface area contributed by atoms with E-state index in [1.165, 1.54) is 5.56 Å². The van der Waals surface area contributed by atoms with Crippen molar-refractivity contribution in [2.45, 2.75) is 24.8 Å². The molecule has 3 rings (SSSR count). The molecule has 0 unspecified atom stereocenters. The lowest BCUT2D eigenvalue weighted by atomic mass is 10.1. The Kier molecular flexibility index (Phi) is 3.49. The second-order valence-corrected chi connectivity index (χ2v) is 5.60. The summed E-state index contributed by atoms with van der Waals surface area (Å²) in [7, 11) is 0. The number of alkyl halides is 1. The van der Waals surface area contributed by atoms with E-state index in [0.29, 0.717) is 0 Å². The van der Waals surface area contributed by atoms with E-state index in [1.807, 2.05) is 53.4 Å². The summed E-state index contributed by atoms with van der Waals surface area (Å²) in [6, 6.07) is 17.7. The SMILES string of the molecule is C[C@H]1Cc2ccccc2N1C(=O)[C@H](Cl)c1ccccc1. The van der Waals surface area contributed by atoms with Gasteiger partial charge in [-0.2, -0.15) is 0 Å². The lowest BCUT2D eigenvalue weighted by Gasteiger charge is -2.25. The van der Waals surface area contributed by atoms with Crippen molar-refractivity contribution in [2.75, 3.05) is 4.90 Å². The van der Waals surface area contributed by atoms with Crippen molar-refractivity contribution in [2.24, 2.45) is 0 Å². The first-order chi connectivity index (χ1) is 9.68. The summed E-state index contributed by atoms with van der Waals surface area (Å²) < 4.78 is 0. The number of carbonyl (C=O) groups is 1.